The minimum Gasteiger partial charge on any atom is -0.508 e. The fourth-order valence-electron chi connectivity index (χ4n) is 1.26. The molecule has 17 heavy (non-hydrogen) atoms. The number of hydrogen-bond acceptors (Lipinski definition) is 3. The van der Waals surface area contributed by atoms with Crippen LogP contribution in [0.1, 0.15) is 32.8 Å². The second-order valence-electron chi connectivity index (χ2n) is 4.79. The Bertz CT molecular complexity index is 366. The summed E-state index contributed by atoms with van der Waals surface area (Å²) in [5, 5.41) is 9.12. The zero-order valence-corrected chi connectivity index (χ0v) is 10.7. The molecule has 0 amide bonds. The number of hydrogen-bond donors (Lipinski definition) is 1. The quantitative estimate of drug-likeness (QED) is 0.799. The Morgan fingerprint density at radius 1 is 1.29 bits per heavy atom. The van der Waals surface area contributed by atoms with Crippen molar-refractivity contribution in [3.8, 4) is 5.75 Å². The van der Waals surface area contributed by atoms with Crippen molar-refractivity contribution in [3.63, 3.8) is 0 Å². The third-order valence-electron chi connectivity index (χ3n) is 3.00. The highest BCUT2D eigenvalue weighted by molar-refractivity contribution is 5.75. The van der Waals surface area contributed by atoms with Crippen molar-refractivity contribution in [1.82, 2.24) is 0 Å². The maximum absolute atomic E-state index is 11.7. The minimum atomic E-state index is -0.408. The van der Waals surface area contributed by atoms with E-state index in [1.807, 2.05) is 32.9 Å². The average molecular weight is 236 g/mol. The summed E-state index contributed by atoms with van der Waals surface area (Å²) in [7, 11) is 0. The number of aromatic hydroxyl groups is 1. The fourth-order valence-corrected chi connectivity index (χ4v) is 1.26. The summed E-state index contributed by atoms with van der Waals surface area (Å²) in [4.78, 5) is 11.7. The van der Waals surface area contributed by atoms with Gasteiger partial charge in [-0.15, -0.1) is 0 Å². The first-order valence-electron chi connectivity index (χ1n) is 5.91. The Morgan fingerprint density at radius 2 is 1.88 bits per heavy atom. The Labute approximate surface area is 102 Å². The number of esters is 1. The summed E-state index contributed by atoms with van der Waals surface area (Å²) in [6.07, 6.45) is 1.44. The molecule has 0 aliphatic carbocycles. The topological polar surface area (TPSA) is 46.5 Å². The molecule has 0 bridgehead atoms. The normalized spacial score (nSPS) is 11.2. The van der Waals surface area contributed by atoms with Crippen LogP contribution in [0.5, 0.6) is 5.75 Å². The van der Waals surface area contributed by atoms with Crippen LogP contribution in [0.2, 0.25) is 0 Å². The van der Waals surface area contributed by atoms with Gasteiger partial charge in [-0.2, -0.15) is 0 Å². The molecule has 1 aromatic rings. The molecule has 1 aromatic carbocycles. The van der Waals surface area contributed by atoms with E-state index in [1.165, 1.54) is 0 Å². The van der Waals surface area contributed by atoms with E-state index in [4.69, 9.17) is 9.84 Å². The molecular weight excluding hydrogens is 216 g/mol. The van der Waals surface area contributed by atoms with E-state index in [-0.39, 0.29) is 11.7 Å². The lowest BCUT2D eigenvalue weighted by Crippen LogP contribution is -2.26. The minimum absolute atomic E-state index is 0.154. The summed E-state index contributed by atoms with van der Waals surface area (Å²) in [6, 6.07) is 6.92. The van der Waals surface area contributed by atoms with Crippen LogP contribution in [0.25, 0.3) is 0 Å². The van der Waals surface area contributed by atoms with Gasteiger partial charge in [0, 0.05) is 6.42 Å². The van der Waals surface area contributed by atoms with Gasteiger partial charge in [0.2, 0.25) is 0 Å². The molecule has 0 aliphatic heterocycles. The molecular formula is C14H20O3. The number of phenolic OH excluding ortho intramolecular Hbond substituents is 1. The zero-order valence-electron chi connectivity index (χ0n) is 10.7. The van der Waals surface area contributed by atoms with Crippen LogP contribution in [0, 0.1) is 5.41 Å². The summed E-state index contributed by atoms with van der Waals surface area (Å²) in [5.74, 6) is 0.0941. The average Bonchev–Trinajstić information content (AvgIpc) is 2.31. The van der Waals surface area contributed by atoms with Gasteiger partial charge in [0.05, 0.1) is 12.0 Å². The highest BCUT2D eigenvalue weighted by Gasteiger charge is 2.26. The van der Waals surface area contributed by atoms with Crippen molar-refractivity contribution in [1.29, 1.82) is 0 Å². The Hall–Kier alpha value is -1.51. The van der Waals surface area contributed by atoms with E-state index in [2.05, 4.69) is 0 Å². The second kappa shape index (κ2) is 5.71. The molecule has 0 fully saturated rings. The van der Waals surface area contributed by atoms with E-state index < -0.39 is 5.41 Å². The van der Waals surface area contributed by atoms with Crippen molar-refractivity contribution in [3.05, 3.63) is 29.8 Å². The standard InChI is InChI=1S/C14H20O3/c1-4-14(2,3)13(16)17-10-9-11-5-7-12(15)8-6-11/h5-8,15H,4,9-10H2,1-3H3. The van der Waals surface area contributed by atoms with Crippen LogP contribution in [0.4, 0.5) is 0 Å². The molecule has 0 saturated carbocycles. The molecule has 0 spiro atoms. The van der Waals surface area contributed by atoms with Gasteiger partial charge in [-0.1, -0.05) is 19.1 Å². The van der Waals surface area contributed by atoms with Crippen molar-refractivity contribution >= 4 is 5.97 Å². The van der Waals surface area contributed by atoms with Crippen molar-refractivity contribution in [2.75, 3.05) is 6.61 Å². The molecule has 0 aliphatic rings. The van der Waals surface area contributed by atoms with Crippen molar-refractivity contribution in [2.45, 2.75) is 33.6 Å². The molecule has 0 saturated heterocycles. The summed E-state index contributed by atoms with van der Waals surface area (Å²) in [6.45, 7) is 6.13. The number of rotatable bonds is 5. The third kappa shape index (κ3) is 4.10. The third-order valence-corrected chi connectivity index (χ3v) is 3.00. The van der Waals surface area contributed by atoms with Crippen LogP contribution < -0.4 is 0 Å². The molecule has 94 valence electrons. The van der Waals surface area contributed by atoms with E-state index in [1.54, 1.807) is 12.1 Å². The van der Waals surface area contributed by atoms with E-state index in [9.17, 15) is 4.79 Å². The van der Waals surface area contributed by atoms with E-state index in [0.29, 0.717) is 13.0 Å². The predicted molar refractivity (Wildman–Crippen MR) is 66.8 cm³/mol. The largest absolute Gasteiger partial charge is 0.508 e. The van der Waals surface area contributed by atoms with Gasteiger partial charge in [-0.3, -0.25) is 4.79 Å². The fraction of sp³-hybridized carbons (Fsp3) is 0.500. The van der Waals surface area contributed by atoms with Gasteiger partial charge in [-0.05, 0) is 38.0 Å². The van der Waals surface area contributed by atoms with Gasteiger partial charge in [0.15, 0.2) is 0 Å². The molecule has 0 aromatic heterocycles. The lowest BCUT2D eigenvalue weighted by Gasteiger charge is -2.20. The van der Waals surface area contributed by atoms with Crippen LogP contribution in [-0.2, 0) is 16.0 Å². The highest BCUT2D eigenvalue weighted by atomic mass is 16.5. The second-order valence-corrected chi connectivity index (χ2v) is 4.79. The van der Waals surface area contributed by atoms with Crippen LogP contribution in [0.3, 0.4) is 0 Å². The molecule has 0 heterocycles. The molecule has 3 heteroatoms. The number of ether oxygens (including phenoxy) is 1. The monoisotopic (exact) mass is 236 g/mol. The Morgan fingerprint density at radius 3 is 2.41 bits per heavy atom. The van der Waals surface area contributed by atoms with Gasteiger partial charge in [0.25, 0.3) is 0 Å². The first-order valence-corrected chi connectivity index (χ1v) is 5.91. The molecule has 3 nitrogen and oxygen atoms in total. The lowest BCUT2D eigenvalue weighted by atomic mass is 9.91. The summed E-state index contributed by atoms with van der Waals surface area (Å²) in [5.41, 5.74) is 0.638. The SMILES string of the molecule is CCC(C)(C)C(=O)OCCc1ccc(O)cc1. The number of carbonyl (C=O) groups excluding carboxylic acids is 1. The van der Waals surface area contributed by atoms with Crippen LogP contribution in [-0.4, -0.2) is 17.7 Å². The van der Waals surface area contributed by atoms with E-state index >= 15 is 0 Å². The van der Waals surface area contributed by atoms with Gasteiger partial charge >= 0.3 is 5.97 Å². The van der Waals surface area contributed by atoms with Gasteiger partial charge in [-0.25, -0.2) is 0 Å². The number of benzene rings is 1. The van der Waals surface area contributed by atoms with Crippen LogP contribution in [0.15, 0.2) is 24.3 Å². The Balaban J connectivity index is 2.38. The summed E-state index contributed by atoms with van der Waals surface area (Å²) < 4.78 is 5.23. The number of phenols is 1. The van der Waals surface area contributed by atoms with E-state index in [0.717, 1.165) is 12.0 Å². The van der Waals surface area contributed by atoms with Crippen molar-refractivity contribution < 1.29 is 14.6 Å². The molecule has 1 rings (SSSR count). The van der Waals surface area contributed by atoms with Crippen molar-refractivity contribution in [2.24, 2.45) is 5.41 Å². The smallest absolute Gasteiger partial charge is 0.311 e. The lowest BCUT2D eigenvalue weighted by molar-refractivity contribution is -0.154. The molecule has 1 N–H and O–H groups in total. The maximum Gasteiger partial charge on any atom is 0.311 e. The first-order chi connectivity index (χ1) is 7.95. The summed E-state index contributed by atoms with van der Waals surface area (Å²) >= 11 is 0. The van der Waals surface area contributed by atoms with Crippen LogP contribution >= 0.6 is 0 Å². The molecule has 0 atom stereocenters. The van der Waals surface area contributed by atoms with Gasteiger partial charge in [0.1, 0.15) is 5.75 Å². The number of carbonyl (C=O) groups is 1. The first kappa shape index (κ1) is 13.6. The molecule has 0 unspecified atom stereocenters. The molecule has 0 radical (unpaired) electrons. The zero-order chi connectivity index (χ0) is 12.9. The Kier molecular flexibility index (Phi) is 4.55. The van der Waals surface area contributed by atoms with Gasteiger partial charge < -0.3 is 9.84 Å². The maximum atomic E-state index is 11.7. The predicted octanol–water partition coefficient (Wildman–Crippen LogP) is 2.91. The highest BCUT2D eigenvalue weighted by Crippen LogP contribution is 2.21.